The lowest BCUT2D eigenvalue weighted by Crippen LogP contribution is -2.37. The number of benzene rings is 2. The fourth-order valence-electron chi connectivity index (χ4n) is 2.60. The molecule has 2 aromatic rings. The van der Waals surface area contributed by atoms with E-state index < -0.39 is 0 Å². The van der Waals surface area contributed by atoms with Crippen LogP contribution in [-0.2, 0) is 0 Å². The monoisotopic (exact) mass is 517 g/mol. The van der Waals surface area contributed by atoms with Gasteiger partial charge in [-0.05, 0) is 24.3 Å². The Hall–Kier alpha value is -1.48. The van der Waals surface area contributed by atoms with E-state index in [1.54, 1.807) is 0 Å². The maximum atomic E-state index is 6.00. The first kappa shape index (κ1) is 19.8. The van der Waals surface area contributed by atoms with Gasteiger partial charge in [0.15, 0.2) is 5.96 Å². The molecule has 1 aliphatic rings. The lowest BCUT2D eigenvalue weighted by Gasteiger charge is -2.26. The first-order valence-corrected chi connectivity index (χ1v) is 8.68. The maximum absolute atomic E-state index is 6.00. The molecule has 1 aliphatic heterocycles. The number of ether oxygens (including phenoxy) is 2. The summed E-state index contributed by atoms with van der Waals surface area (Å²) in [6.45, 7) is 1.65. The zero-order chi connectivity index (χ0) is 16.8. The topological polar surface area (TPSA) is 68.9 Å². The van der Waals surface area contributed by atoms with Gasteiger partial charge in [0.25, 0.3) is 0 Å². The minimum Gasteiger partial charge on any atom is -0.493 e. The molecule has 2 aromatic carbocycles. The summed E-state index contributed by atoms with van der Waals surface area (Å²) in [5.74, 6) is 2.14. The predicted molar refractivity (Wildman–Crippen MR) is 114 cm³/mol. The third-order valence-corrected chi connectivity index (χ3v) is 4.21. The van der Waals surface area contributed by atoms with Gasteiger partial charge in [-0.15, -0.1) is 24.0 Å². The summed E-state index contributed by atoms with van der Waals surface area (Å²) in [6, 6.07) is 15.8. The number of rotatable bonds is 5. The molecular weight excluding hydrogens is 497 g/mol. The van der Waals surface area contributed by atoms with Crippen molar-refractivity contribution in [2.24, 2.45) is 10.7 Å². The van der Waals surface area contributed by atoms with Crippen LogP contribution < -0.4 is 20.5 Å². The highest BCUT2D eigenvalue weighted by Gasteiger charge is 2.21. The molecule has 0 spiro atoms. The number of aliphatic imine (C=N–C) groups is 1. The molecule has 0 fully saturated rings. The van der Waals surface area contributed by atoms with Gasteiger partial charge < -0.3 is 20.5 Å². The summed E-state index contributed by atoms with van der Waals surface area (Å²) < 4.78 is 12.3. The highest BCUT2D eigenvalue weighted by atomic mass is 127. The Kier molecular flexibility index (Phi) is 7.83. The van der Waals surface area contributed by atoms with Gasteiger partial charge in [-0.25, -0.2) is 4.99 Å². The Balaban J connectivity index is 0.00000225. The van der Waals surface area contributed by atoms with Crippen LogP contribution in [0, 0.1) is 0 Å². The van der Waals surface area contributed by atoms with Crippen molar-refractivity contribution in [1.82, 2.24) is 5.32 Å². The van der Waals surface area contributed by atoms with Crippen molar-refractivity contribution in [3.63, 3.8) is 0 Å². The number of nitrogens with one attached hydrogen (secondary N) is 1. The van der Waals surface area contributed by atoms with Gasteiger partial charge in [0, 0.05) is 16.5 Å². The van der Waals surface area contributed by atoms with Crippen LogP contribution in [0.25, 0.3) is 0 Å². The fourth-order valence-corrected chi connectivity index (χ4v) is 2.98. The summed E-state index contributed by atoms with van der Waals surface area (Å²) in [7, 11) is 0. The second kappa shape index (κ2) is 9.86. The van der Waals surface area contributed by atoms with Crippen molar-refractivity contribution in [2.45, 2.75) is 12.5 Å². The zero-order valence-corrected chi connectivity index (χ0v) is 17.6. The Morgan fingerprint density at radius 2 is 2.12 bits per heavy atom. The normalized spacial score (nSPS) is 16.2. The van der Waals surface area contributed by atoms with Gasteiger partial charge >= 0.3 is 0 Å². The molecule has 25 heavy (non-hydrogen) atoms. The Morgan fingerprint density at radius 3 is 2.96 bits per heavy atom. The summed E-state index contributed by atoms with van der Waals surface area (Å²) >= 11 is 3.42. The number of fused-ring (bicyclic) bond motifs is 1. The average molecular weight is 518 g/mol. The largest absolute Gasteiger partial charge is 0.493 e. The summed E-state index contributed by atoms with van der Waals surface area (Å²) in [6.07, 6.45) is 0.863. The SMILES string of the molecule is I.NC(=NCCOc1cccc(Br)c1)NC1CCOc2ccccc21. The second-order valence-electron chi connectivity index (χ2n) is 5.44. The number of hydrogen-bond donors (Lipinski definition) is 2. The van der Waals surface area contributed by atoms with Crippen LogP contribution in [0.5, 0.6) is 11.5 Å². The first-order chi connectivity index (χ1) is 11.7. The van der Waals surface area contributed by atoms with Gasteiger partial charge in [-0.1, -0.05) is 40.2 Å². The van der Waals surface area contributed by atoms with E-state index in [1.807, 2.05) is 42.5 Å². The van der Waals surface area contributed by atoms with E-state index in [4.69, 9.17) is 15.2 Å². The lowest BCUT2D eigenvalue weighted by atomic mass is 10.0. The third-order valence-electron chi connectivity index (χ3n) is 3.72. The molecule has 1 heterocycles. The molecule has 3 rings (SSSR count). The van der Waals surface area contributed by atoms with Crippen molar-refractivity contribution in [3.05, 3.63) is 58.6 Å². The van der Waals surface area contributed by atoms with Crippen LogP contribution in [0.3, 0.4) is 0 Å². The molecule has 134 valence electrons. The summed E-state index contributed by atoms with van der Waals surface area (Å²) in [5, 5.41) is 3.27. The molecule has 0 amide bonds. The van der Waals surface area contributed by atoms with Crippen LogP contribution in [0.4, 0.5) is 0 Å². The predicted octanol–water partition coefficient (Wildman–Crippen LogP) is 3.87. The molecule has 0 aromatic heterocycles. The Morgan fingerprint density at radius 1 is 1.28 bits per heavy atom. The van der Waals surface area contributed by atoms with Gasteiger partial charge in [-0.3, -0.25) is 0 Å². The van der Waals surface area contributed by atoms with Crippen LogP contribution in [0.2, 0.25) is 0 Å². The number of guanidine groups is 1. The molecule has 0 saturated carbocycles. The molecule has 5 nitrogen and oxygen atoms in total. The van der Waals surface area contributed by atoms with Crippen molar-refractivity contribution in [2.75, 3.05) is 19.8 Å². The lowest BCUT2D eigenvalue weighted by molar-refractivity contribution is 0.262. The van der Waals surface area contributed by atoms with Gasteiger partial charge in [-0.2, -0.15) is 0 Å². The molecular formula is C18H21BrIN3O2. The fraction of sp³-hybridized carbons (Fsp3) is 0.278. The van der Waals surface area contributed by atoms with Crippen LogP contribution >= 0.6 is 39.9 Å². The molecule has 7 heteroatoms. The van der Waals surface area contributed by atoms with E-state index in [0.29, 0.717) is 25.7 Å². The van der Waals surface area contributed by atoms with Gasteiger partial charge in [0.2, 0.25) is 0 Å². The van der Waals surface area contributed by atoms with Crippen LogP contribution in [0.15, 0.2) is 58.0 Å². The smallest absolute Gasteiger partial charge is 0.189 e. The van der Waals surface area contributed by atoms with E-state index >= 15 is 0 Å². The average Bonchev–Trinajstić information content (AvgIpc) is 2.59. The first-order valence-electron chi connectivity index (χ1n) is 7.89. The van der Waals surface area contributed by atoms with Gasteiger partial charge in [0.05, 0.1) is 19.2 Å². The number of nitrogens with two attached hydrogens (primary N) is 1. The van der Waals surface area contributed by atoms with E-state index in [0.717, 1.165) is 28.0 Å². The Bertz CT molecular complexity index is 727. The van der Waals surface area contributed by atoms with Crippen molar-refractivity contribution >= 4 is 45.9 Å². The minimum absolute atomic E-state index is 0. The maximum Gasteiger partial charge on any atom is 0.189 e. The molecule has 1 unspecified atom stereocenters. The van der Waals surface area contributed by atoms with E-state index in [-0.39, 0.29) is 30.0 Å². The van der Waals surface area contributed by atoms with Crippen molar-refractivity contribution in [3.8, 4) is 11.5 Å². The molecule has 1 atom stereocenters. The van der Waals surface area contributed by atoms with Crippen LogP contribution in [0.1, 0.15) is 18.0 Å². The Labute approximate surface area is 173 Å². The summed E-state index contributed by atoms with van der Waals surface area (Å²) in [4.78, 5) is 4.33. The van der Waals surface area contributed by atoms with E-state index in [1.165, 1.54) is 0 Å². The molecule has 0 saturated heterocycles. The number of nitrogens with zero attached hydrogens (tertiary/aromatic N) is 1. The van der Waals surface area contributed by atoms with E-state index in [2.05, 4.69) is 32.3 Å². The highest BCUT2D eigenvalue weighted by molar-refractivity contribution is 14.0. The highest BCUT2D eigenvalue weighted by Crippen LogP contribution is 2.31. The van der Waals surface area contributed by atoms with Crippen molar-refractivity contribution in [1.29, 1.82) is 0 Å². The molecule has 0 radical (unpaired) electrons. The molecule has 0 aliphatic carbocycles. The zero-order valence-electron chi connectivity index (χ0n) is 13.7. The van der Waals surface area contributed by atoms with E-state index in [9.17, 15) is 0 Å². The molecule has 0 bridgehead atoms. The van der Waals surface area contributed by atoms with Crippen molar-refractivity contribution < 1.29 is 9.47 Å². The minimum atomic E-state index is 0. The third kappa shape index (κ3) is 5.78. The number of para-hydroxylation sites is 1. The summed E-state index contributed by atoms with van der Waals surface area (Å²) in [5.41, 5.74) is 7.12. The van der Waals surface area contributed by atoms with Gasteiger partial charge in [0.1, 0.15) is 18.1 Å². The standard InChI is InChI=1S/C18H20BrN3O2.HI/c19-13-4-3-5-14(12-13)23-11-9-21-18(20)22-16-8-10-24-17-7-2-1-6-15(16)17;/h1-7,12,16H,8-11H2,(H3,20,21,22);1H. The number of halogens is 2. The number of hydrogen-bond acceptors (Lipinski definition) is 3. The quantitative estimate of drug-likeness (QED) is 0.273. The van der Waals surface area contributed by atoms with Crippen LogP contribution in [-0.4, -0.2) is 25.7 Å². The second-order valence-corrected chi connectivity index (χ2v) is 6.36. The molecule has 3 N–H and O–H groups in total.